The van der Waals surface area contributed by atoms with Gasteiger partial charge in [0, 0.05) is 0 Å². The van der Waals surface area contributed by atoms with Gasteiger partial charge in [0.15, 0.2) is 5.78 Å². The van der Waals surface area contributed by atoms with Crippen molar-refractivity contribution in [2.75, 3.05) is 13.6 Å². The van der Waals surface area contributed by atoms with Crippen LogP contribution in [-0.4, -0.2) is 19.4 Å². The smallest absolute Gasteiger partial charge is 0.169 e. The molecule has 68 valence electrons. The van der Waals surface area contributed by atoms with Crippen LogP contribution in [0.1, 0.15) is 5.56 Å². The summed E-state index contributed by atoms with van der Waals surface area (Å²) in [6, 6.07) is 9.77. The first-order valence-corrected chi connectivity index (χ1v) is 4.23. The van der Waals surface area contributed by atoms with Gasteiger partial charge in [0.2, 0.25) is 0 Å². The number of carbonyl (C=O) groups excluding carboxylic acids is 1. The molecule has 0 amide bonds. The van der Waals surface area contributed by atoms with Crippen molar-refractivity contribution in [1.82, 2.24) is 5.32 Å². The van der Waals surface area contributed by atoms with Crippen LogP contribution >= 0.6 is 0 Å². The Labute approximate surface area is 78.3 Å². The Morgan fingerprint density at radius 3 is 2.69 bits per heavy atom. The van der Waals surface area contributed by atoms with Gasteiger partial charge in [-0.2, -0.15) is 0 Å². The van der Waals surface area contributed by atoms with Gasteiger partial charge >= 0.3 is 0 Å². The van der Waals surface area contributed by atoms with Gasteiger partial charge in [-0.05, 0) is 18.7 Å². The molecular weight excluding hydrogens is 162 g/mol. The Bertz CT molecular complexity index is 290. The first-order valence-electron chi connectivity index (χ1n) is 4.23. The Hall–Kier alpha value is -1.41. The Kier molecular flexibility index (Phi) is 3.93. The second-order valence-corrected chi connectivity index (χ2v) is 2.74. The van der Waals surface area contributed by atoms with Crippen molar-refractivity contribution in [2.45, 2.75) is 0 Å². The van der Waals surface area contributed by atoms with E-state index in [0.717, 1.165) is 5.56 Å². The minimum absolute atomic E-state index is 0.0892. The zero-order valence-corrected chi connectivity index (χ0v) is 7.66. The highest BCUT2D eigenvalue weighted by Gasteiger charge is 1.91. The van der Waals surface area contributed by atoms with Gasteiger partial charge in [-0.1, -0.05) is 36.4 Å². The van der Waals surface area contributed by atoms with Crippen LogP contribution in [-0.2, 0) is 4.79 Å². The lowest BCUT2D eigenvalue weighted by Crippen LogP contribution is -2.15. The van der Waals surface area contributed by atoms with Crippen molar-refractivity contribution < 1.29 is 4.79 Å². The van der Waals surface area contributed by atoms with Gasteiger partial charge < -0.3 is 5.32 Å². The van der Waals surface area contributed by atoms with Crippen LogP contribution in [0.25, 0.3) is 6.08 Å². The minimum Gasteiger partial charge on any atom is -0.313 e. The zero-order chi connectivity index (χ0) is 9.52. The summed E-state index contributed by atoms with van der Waals surface area (Å²) in [6.45, 7) is 0.392. The Morgan fingerprint density at radius 2 is 2.08 bits per heavy atom. The minimum atomic E-state index is 0.0892. The molecule has 0 heterocycles. The molecule has 0 aliphatic carbocycles. The van der Waals surface area contributed by atoms with Crippen molar-refractivity contribution in [2.24, 2.45) is 0 Å². The monoisotopic (exact) mass is 175 g/mol. The summed E-state index contributed by atoms with van der Waals surface area (Å²) in [4.78, 5) is 11.1. The second kappa shape index (κ2) is 5.27. The fourth-order valence-corrected chi connectivity index (χ4v) is 0.986. The topological polar surface area (TPSA) is 29.1 Å². The molecule has 0 fully saturated rings. The standard InChI is InChI=1S/C11H13NO/c1-12-9-11(13)8-7-10-5-3-2-4-6-10/h2-8,12H,9H2,1H3/b8-7+. The van der Waals surface area contributed by atoms with Gasteiger partial charge in [0.1, 0.15) is 0 Å². The highest BCUT2D eigenvalue weighted by atomic mass is 16.1. The molecule has 0 aliphatic rings. The summed E-state index contributed by atoms with van der Waals surface area (Å²) in [5.74, 6) is 0.0892. The van der Waals surface area contributed by atoms with Crippen LogP contribution in [0.3, 0.4) is 0 Å². The number of benzene rings is 1. The maximum absolute atomic E-state index is 11.1. The number of nitrogens with one attached hydrogen (secondary N) is 1. The molecule has 13 heavy (non-hydrogen) atoms. The van der Waals surface area contributed by atoms with E-state index in [0.29, 0.717) is 6.54 Å². The van der Waals surface area contributed by atoms with E-state index >= 15 is 0 Å². The van der Waals surface area contributed by atoms with E-state index in [4.69, 9.17) is 0 Å². The number of hydrogen-bond donors (Lipinski definition) is 1. The predicted molar refractivity (Wildman–Crippen MR) is 54.4 cm³/mol. The fourth-order valence-electron chi connectivity index (χ4n) is 0.986. The summed E-state index contributed by atoms with van der Waals surface area (Å²) < 4.78 is 0. The summed E-state index contributed by atoms with van der Waals surface area (Å²) >= 11 is 0. The van der Waals surface area contributed by atoms with E-state index in [9.17, 15) is 4.79 Å². The highest BCUT2D eigenvalue weighted by Crippen LogP contribution is 2.00. The molecule has 0 saturated carbocycles. The van der Waals surface area contributed by atoms with Crippen molar-refractivity contribution in [3.63, 3.8) is 0 Å². The lowest BCUT2D eigenvalue weighted by molar-refractivity contribution is -0.113. The number of hydrogen-bond acceptors (Lipinski definition) is 2. The van der Waals surface area contributed by atoms with E-state index in [1.165, 1.54) is 0 Å². The van der Waals surface area contributed by atoms with E-state index in [2.05, 4.69) is 5.32 Å². The van der Waals surface area contributed by atoms with E-state index in [1.807, 2.05) is 36.4 Å². The van der Waals surface area contributed by atoms with Crippen molar-refractivity contribution in [3.05, 3.63) is 42.0 Å². The first kappa shape index (κ1) is 9.68. The molecule has 2 heteroatoms. The van der Waals surface area contributed by atoms with Crippen molar-refractivity contribution in [3.8, 4) is 0 Å². The fraction of sp³-hybridized carbons (Fsp3) is 0.182. The molecule has 1 rings (SSSR count). The molecule has 0 unspecified atom stereocenters. The van der Waals surface area contributed by atoms with E-state index in [1.54, 1.807) is 13.1 Å². The number of carbonyl (C=O) groups is 1. The van der Waals surface area contributed by atoms with Crippen LogP contribution < -0.4 is 5.32 Å². The van der Waals surface area contributed by atoms with E-state index in [-0.39, 0.29) is 5.78 Å². The molecular formula is C11H13NO. The molecule has 0 radical (unpaired) electrons. The van der Waals surface area contributed by atoms with Crippen molar-refractivity contribution in [1.29, 1.82) is 0 Å². The molecule has 1 aromatic carbocycles. The maximum atomic E-state index is 11.1. The quantitative estimate of drug-likeness (QED) is 0.702. The average Bonchev–Trinajstić information content (AvgIpc) is 2.17. The van der Waals surface area contributed by atoms with E-state index < -0.39 is 0 Å². The summed E-state index contributed by atoms with van der Waals surface area (Å²) in [7, 11) is 1.76. The Balaban J connectivity index is 2.54. The van der Waals surface area contributed by atoms with Gasteiger partial charge in [-0.3, -0.25) is 4.79 Å². The molecule has 0 aliphatic heterocycles. The highest BCUT2D eigenvalue weighted by molar-refractivity contribution is 5.95. The van der Waals surface area contributed by atoms with Crippen LogP contribution in [0.15, 0.2) is 36.4 Å². The first-order chi connectivity index (χ1) is 6.33. The molecule has 2 nitrogen and oxygen atoms in total. The lowest BCUT2D eigenvalue weighted by atomic mass is 10.2. The van der Waals surface area contributed by atoms with Gasteiger partial charge in [-0.25, -0.2) is 0 Å². The molecule has 1 N–H and O–H groups in total. The molecule has 0 spiro atoms. The number of rotatable bonds is 4. The summed E-state index contributed by atoms with van der Waals surface area (Å²) in [5.41, 5.74) is 1.05. The van der Waals surface area contributed by atoms with Crippen molar-refractivity contribution >= 4 is 11.9 Å². The maximum Gasteiger partial charge on any atom is 0.169 e. The molecule has 1 aromatic rings. The summed E-state index contributed by atoms with van der Waals surface area (Å²) in [6.07, 6.45) is 3.41. The van der Waals surface area contributed by atoms with Crippen LogP contribution in [0.2, 0.25) is 0 Å². The lowest BCUT2D eigenvalue weighted by Gasteiger charge is -1.92. The third kappa shape index (κ3) is 3.67. The zero-order valence-electron chi connectivity index (χ0n) is 7.66. The molecule has 0 aromatic heterocycles. The predicted octanol–water partition coefficient (Wildman–Crippen LogP) is 1.49. The third-order valence-electron chi connectivity index (χ3n) is 1.61. The second-order valence-electron chi connectivity index (χ2n) is 2.74. The number of ketones is 1. The van der Waals surface area contributed by atoms with Gasteiger partial charge in [0.25, 0.3) is 0 Å². The summed E-state index contributed by atoms with van der Waals surface area (Å²) in [5, 5.41) is 2.80. The third-order valence-corrected chi connectivity index (χ3v) is 1.61. The Morgan fingerprint density at radius 1 is 1.38 bits per heavy atom. The van der Waals surface area contributed by atoms with Crippen LogP contribution in [0, 0.1) is 0 Å². The van der Waals surface area contributed by atoms with Crippen LogP contribution in [0.5, 0.6) is 0 Å². The van der Waals surface area contributed by atoms with Crippen LogP contribution in [0.4, 0.5) is 0 Å². The normalized spacial score (nSPS) is 10.5. The average molecular weight is 175 g/mol. The van der Waals surface area contributed by atoms with Gasteiger partial charge in [-0.15, -0.1) is 0 Å². The molecule has 0 atom stereocenters. The molecule has 0 saturated heterocycles. The largest absolute Gasteiger partial charge is 0.313 e. The number of likely N-dealkylation sites (N-methyl/N-ethyl adjacent to an activating group) is 1. The SMILES string of the molecule is CNCC(=O)/C=C/c1ccccc1. The van der Waals surface area contributed by atoms with Gasteiger partial charge in [0.05, 0.1) is 6.54 Å². The molecule has 0 bridgehead atoms.